The number of aliphatic imine (C=N–C) groups is 1. The van der Waals surface area contributed by atoms with E-state index in [0.717, 1.165) is 37.6 Å². The van der Waals surface area contributed by atoms with Gasteiger partial charge in [-0.2, -0.15) is 0 Å². The number of nitrogens with zero attached hydrogens (tertiary/aromatic N) is 4. The molecule has 6 heteroatoms. The van der Waals surface area contributed by atoms with Crippen LogP contribution in [0.25, 0.3) is 0 Å². The molecule has 1 aliphatic heterocycles. The van der Waals surface area contributed by atoms with Crippen molar-refractivity contribution >= 4 is 5.96 Å². The van der Waals surface area contributed by atoms with Crippen LogP contribution >= 0.6 is 0 Å². The topological polar surface area (TPSA) is 54.7 Å². The molecule has 0 radical (unpaired) electrons. The minimum Gasteiger partial charge on any atom is -0.375 e. The van der Waals surface area contributed by atoms with Gasteiger partial charge in [-0.1, -0.05) is 37.3 Å². The summed E-state index contributed by atoms with van der Waals surface area (Å²) in [6, 6.07) is 10.7. The number of methoxy groups -OCH3 is 1. The average molecular weight is 370 g/mol. The molecule has 0 spiro atoms. The van der Waals surface area contributed by atoms with Gasteiger partial charge in [-0.25, -0.2) is 4.98 Å². The van der Waals surface area contributed by atoms with E-state index < -0.39 is 0 Å². The number of benzene rings is 1. The molecule has 3 unspecified atom stereocenters. The second kappa shape index (κ2) is 9.55. The van der Waals surface area contributed by atoms with Gasteiger partial charge in [0.2, 0.25) is 0 Å². The second-order valence-corrected chi connectivity index (χ2v) is 7.12. The van der Waals surface area contributed by atoms with Gasteiger partial charge in [-0.3, -0.25) is 4.99 Å². The number of imidazole rings is 1. The molecule has 1 N–H and O–H groups in total. The smallest absolute Gasteiger partial charge is 0.194 e. The maximum absolute atomic E-state index is 5.68. The van der Waals surface area contributed by atoms with Crippen molar-refractivity contribution in [1.29, 1.82) is 0 Å². The van der Waals surface area contributed by atoms with Crippen molar-refractivity contribution in [3.05, 3.63) is 54.6 Å². The van der Waals surface area contributed by atoms with Gasteiger partial charge in [0.15, 0.2) is 5.96 Å². The number of guanidine groups is 1. The summed E-state index contributed by atoms with van der Waals surface area (Å²) in [5.74, 6) is 1.59. The Morgan fingerprint density at radius 2 is 2.19 bits per heavy atom. The molecule has 0 saturated carbocycles. The molecular weight excluding hydrogens is 338 g/mol. The van der Waals surface area contributed by atoms with Crippen LogP contribution in [0.5, 0.6) is 0 Å². The first kappa shape index (κ1) is 19.4. The van der Waals surface area contributed by atoms with E-state index >= 15 is 0 Å². The quantitative estimate of drug-likeness (QED) is 0.628. The fourth-order valence-corrected chi connectivity index (χ4v) is 3.67. The molecule has 6 nitrogen and oxygen atoms in total. The van der Waals surface area contributed by atoms with Crippen molar-refractivity contribution in [3.63, 3.8) is 0 Å². The number of piperidine rings is 1. The van der Waals surface area contributed by atoms with E-state index in [1.54, 1.807) is 7.11 Å². The van der Waals surface area contributed by atoms with Crippen molar-refractivity contribution in [1.82, 2.24) is 19.8 Å². The van der Waals surface area contributed by atoms with Crippen LogP contribution in [0.1, 0.15) is 38.0 Å². The minimum atomic E-state index is -0.0342. The highest BCUT2D eigenvalue weighted by atomic mass is 16.5. The van der Waals surface area contributed by atoms with Crippen molar-refractivity contribution in [2.45, 2.75) is 32.4 Å². The maximum atomic E-state index is 5.68. The summed E-state index contributed by atoms with van der Waals surface area (Å²) < 4.78 is 7.91. The first-order chi connectivity index (χ1) is 13.2. The van der Waals surface area contributed by atoms with Crippen LogP contribution in [0.3, 0.4) is 0 Å². The molecule has 1 aromatic heterocycles. The summed E-state index contributed by atoms with van der Waals surface area (Å²) in [4.78, 5) is 11.5. The van der Waals surface area contributed by atoms with Gasteiger partial charge in [0.1, 0.15) is 6.10 Å². The molecule has 1 aromatic carbocycles. The molecule has 146 valence electrons. The van der Waals surface area contributed by atoms with E-state index in [1.165, 1.54) is 0 Å². The Morgan fingerprint density at radius 1 is 1.37 bits per heavy atom. The predicted octanol–water partition coefficient (Wildman–Crippen LogP) is 3.12. The highest BCUT2D eigenvalue weighted by Gasteiger charge is 2.29. The predicted molar refractivity (Wildman–Crippen MR) is 109 cm³/mol. The third-order valence-corrected chi connectivity index (χ3v) is 5.32. The van der Waals surface area contributed by atoms with Gasteiger partial charge in [-0.15, -0.1) is 0 Å². The fourth-order valence-electron chi connectivity index (χ4n) is 3.67. The number of likely N-dealkylation sites (tertiary alicyclic amines) is 1. The molecule has 3 rings (SSSR count). The first-order valence-corrected chi connectivity index (χ1v) is 9.81. The normalized spacial score (nSPS) is 21.9. The summed E-state index contributed by atoms with van der Waals surface area (Å²) >= 11 is 0. The van der Waals surface area contributed by atoms with Gasteiger partial charge in [0.05, 0.1) is 18.9 Å². The Morgan fingerprint density at radius 3 is 2.85 bits per heavy atom. The van der Waals surface area contributed by atoms with E-state index in [-0.39, 0.29) is 6.10 Å². The first-order valence-electron chi connectivity index (χ1n) is 9.81. The van der Waals surface area contributed by atoms with Gasteiger partial charge in [0.25, 0.3) is 0 Å². The number of rotatable bonds is 6. The number of aromatic nitrogens is 2. The lowest BCUT2D eigenvalue weighted by Crippen LogP contribution is -2.49. The molecule has 2 heterocycles. The maximum Gasteiger partial charge on any atom is 0.194 e. The van der Waals surface area contributed by atoms with Crippen molar-refractivity contribution < 1.29 is 4.74 Å². The highest BCUT2D eigenvalue weighted by molar-refractivity contribution is 5.80. The molecule has 0 bridgehead atoms. The van der Waals surface area contributed by atoms with Crippen molar-refractivity contribution in [2.75, 3.05) is 33.3 Å². The molecule has 1 aliphatic rings. The zero-order chi connectivity index (χ0) is 19.1. The summed E-state index contributed by atoms with van der Waals surface area (Å²) in [6.07, 6.45) is 6.94. The molecule has 1 fully saturated rings. The van der Waals surface area contributed by atoms with Crippen molar-refractivity contribution in [2.24, 2.45) is 10.9 Å². The molecule has 0 aliphatic carbocycles. The lowest BCUT2D eigenvalue weighted by molar-refractivity contribution is 0.110. The Hall–Kier alpha value is -2.34. The third kappa shape index (κ3) is 4.89. The van der Waals surface area contributed by atoms with Crippen LogP contribution in [0.15, 0.2) is 54.0 Å². The number of hydrogen-bond acceptors (Lipinski definition) is 3. The standard InChI is InChI=1S/C21H31N5O/c1-4-23-21(24-14-20(27-3)18-8-6-5-7-9-18)25-12-10-17(2)19(15-25)26-13-11-22-16-26/h5-9,11,13,16-17,19-20H,4,10,12,14-15H2,1-3H3,(H,23,24). The number of hydrogen-bond donors (Lipinski definition) is 1. The van der Waals surface area contributed by atoms with Gasteiger partial charge in [0, 0.05) is 39.1 Å². The van der Waals surface area contributed by atoms with E-state index in [2.05, 4.69) is 51.9 Å². The van der Waals surface area contributed by atoms with E-state index in [9.17, 15) is 0 Å². The van der Waals surface area contributed by atoms with Gasteiger partial charge < -0.3 is 19.5 Å². The Balaban J connectivity index is 1.73. The van der Waals surface area contributed by atoms with Crippen LogP contribution in [0.4, 0.5) is 0 Å². The third-order valence-electron chi connectivity index (χ3n) is 5.32. The zero-order valence-corrected chi connectivity index (χ0v) is 16.6. The Labute approximate surface area is 162 Å². The SMILES string of the molecule is CCNC(=NCC(OC)c1ccccc1)N1CCC(C)C(n2ccnc2)C1. The average Bonchev–Trinajstić information content (AvgIpc) is 3.23. The molecular formula is C21H31N5O. The molecule has 1 saturated heterocycles. The molecule has 0 amide bonds. The van der Waals surface area contributed by atoms with E-state index in [4.69, 9.17) is 9.73 Å². The zero-order valence-electron chi connectivity index (χ0n) is 16.6. The van der Waals surface area contributed by atoms with Crippen LogP contribution < -0.4 is 5.32 Å². The largest absolute Gasteiger partial charge is 0.375 e. The summed E-state index contributed by atoms with van der Waals surface area (Å²) in [5.41, 5.74) is 1.16. The van der Waals surface area contributed by atoms with Crippen LogP contribution in [0, 0.1) is 5.92 Å². The van der Waals surface area contributed by atoms with Gasteiger partial charge >= 0.3 is 0 Å². The minimum absolute atomic E-state index is 0.0342. The summed E-state index contributed by atoms with van der Waals surface area (Å²) in [6.45, 7) is 7.84. The summed E-state index contributed by atoms with van der Waals surface area (Å²) in [5, 5.41) is 3.46. The summed E-state index contributed by atoms with van der Waals surface area (Å²) in [7, 11) is 1.75. The van der Waals surface area contributed by atoms with Gasteiger partial charge in [-0.05, 0) is 24.8 Å². The van der Waals surface area contributed by atoms with E-state index in [0.29, 0.717) is 18.5 Å². The van der Waals surface area contributed by atoms with E-state index in [1.807, 2.05) is 30.7 Å². The number of ether oxygens (including phenoxy) is 1. The van der Waals surface area contributed by atoms with Crippen LogP contribution in [-0.2, 0) is 4.74 Å². The molecule has 27 heavy (non-hydrogen) atoms. The monoisotopic (exact) mass is 369 g/mol. The Bertz CT molecular complexity index is 701. The lowest BCUT2D eigenvalue weighted by atomic mass is 9.93. The Kier molecular flexibility index (Phi) is 6.87. The highest BCUT2D eigenvalue weighted by Crippen LogP contribution is 2.27. The fraction of sp³-hybridized carbons (Fsp3) is 0.524. The van der Waals surface area contributed by atoms with Crippen LogP contribution in [-0.4, -0.2) is 53.7 Å². The lowest BCUT2D eigenvalue weighted by Gasteiger charge is -2.39. The molecule has 2 aromatic rings. The van der Waals surface area contributed by atoms with Crippen LogP contribution in [0.2, 0.25) is 0 Å². The second-order valence-electron chi connectivity index (χ2n) is 7.12. The molecule has 3 atom stereocenters. The van der Waals surface area contributed by atoms with Crippen molar-refractivity contribution in [3.8, 4) is 0 Å². The number of nitrogens with one attached hydrogen (secondary N) is 1.